The molecule has 0 fully saturated rings. The van der Waals surface area contributed by atoms with Gasteiger partial charge in [0, 0.05) is 29.8 Å². The highest BCUT2D eigenvalue weighted by Gasteiger charge is 2.22. The lowest BCUT2D eigenvalue weighted by Gasteiger charge is -2.19. The van der Waals surface area contributed by atoms with Crippen molar-refractivity contribution in [3.8, 4) is 22.4 Å². The molecule has 210 valence electrons. The molecule has 0 saturated carbocycles. The van der Waals surface area contributed by atoms with Gasteiger partial charge in [0.15, 0.2) is 0 Å². The van der Waals surface area contributed by atoms with E-state index in [0.29, 0.717) is 34.1 Å². The molecule has 5 rings (SSSR count). The quantitative estimate of drug-likeness (QED) is 0.157. The van der Waals surface area contributed by atoms with Crippen LogP contribution in [0.15, 0.2) is 96.1 Å². The summed E-state index contributed by atoms with van der Waals surface area (Å²) in [6, 6.07) is 18.3. The number of hydrogen-bond acceptors (Lipinski definition) is 4. The lowest BCUT2D eigenvalue weighted by molar-refractivity contribution is -0.384. The third-order valence-electron chi connectivity index (χ3n) is 6.16. The molecule has 1 N–H and O–H groups in total. The number of nitrogens with zero attached hydrogens (tertiary/aromatic N) is 3. The molecule has 0 aliphatic rings. The predicted molar refractivity (Wildman–Crippen MR) is 156 cm³/mol. The van der Waals surface area contributed by atoms with Gasteiger partial charge in [-0.15, -0.1) is 0 Å². The van der Waals surface area contributed by atoms with Crippen LogP contribution in [0.2, 0.25) is 5.02 Å². The van der Waals surface area contributed by atoms with E-state index in [1.807, 2.05) is 0 Å². The Morgan fingerprint density at radius 3 is 2.20 bits per heavy atom. The molecule has 7 nitrogen and oxygen atoms in total. The molecule has 3 aromatic carbocycles. The maximum absolute atomic E-state index is 13.5. The number of imidazole rings is 1. The topological polar surface area (TPSA) is 93.8 Å². The van der Waals surface area contributed by atoms with Crippen LogP contribution in [-0.4, -0.2) is 19.5 Å². The Bertz CT molecular complexity index is 1700. The summed E-state index contributed by atoms with van der Waals surface area (Å²) < 4.78 is 28.4. The van der Waals surface area contributed by atoms with Crippen LogP contribution in [0.1, 0.15) is 37.7 Å². The zero-order valence-electron chi connectivity index (χ0n) is 22.4. The SMILES string of the molecule is CCC.O=c1cc(-c2cc(Cl)ccc2[N+](=O)[O-])ccn1C(Cc1ccc(F)cc1)c1ncc(-c2ccc(F)cc2)[nH]1. The molecule has 0 amide bonds. The number of rotatable bonds is 7. The summed E-state index contributed by atoms with van der Waals surface area (Å²) in [4.78, 5) is 32.1. The van der Waals surface area contributed by atoms with Crippen LogP contribution in [0.25, 0.3) is 22.4 Å². The number of benzene rings is 3. The second-order valence-corrected chi connectivity index (χ2v) is 9.76. The minimum Gasteiger partial charge on any atom is -0.340 e. The number of hydrogen-bond donors (Lipinski definition) is 1. The number of nitro groups is 1. The van der Waals surface area contributed by atoms with Crippen molar-refractivity contribution in [2.45, 2.75) is 32.7 Å². The van der Waals surface area contributed by atoms with Gasteiger partial charge in [0.05, 0.1) is 28.4 Å². The first-order valence-electron chi connectivity index (χ1n) is 12.9. The van der Waals surface area contributed by atoms with Crippen LogP contribution >= 0.6 is 11.6 Å². The van der Waals surface area contributed by atoms with Crippen molar-refractivity contribution in [2.24, 2.45) is 0 Å². The third kappa shape index (κ3) is 7.12. The Morgan fingerprint density at radius 2 is 1.59 bits per heavy atom. The minimum atomic E-state index is -0.620. The lowest BCUT2D eigenvalue weighted by Crippen LogP contribution is -2.27. The van der Waals surface area contributed by atoms with Gasteiger partial charge < -0.3 is 9.55 Å². The molecule has 0 bridgehead atoms. The van der Waals surface area contributed by atoms with E-state index in [1.165, 1.54) is 65.7 Å². The highest BCUT2D eigenvalue weighted by atomic mass is 35.5. The molecule has 0 aliphatic heterocycles. The van der Waals surface area contributed by atoms with Gasteiger partial charge in [0.1, 0.15) is 17.5 Å². The minimum absolute atomic E-state index is 0.176. The Labute approximate surface area is 240 Å². The molecule has 1 atom stereocenters. The molecule has 10 heteroatoms. The first-order valence-corrected chi connectivity index (χ1v) is 13.3. The predicted octanol–water partition coefficient (Wildman–Crippen LogP) is 7.99. The van der Waals surface area contributed by atoms with E-state index in [0.717, 1.165) is 5.56 Å². The van der Waals surface area contributed by atoms with E-state index in [4.69, 9.17) is 11.6 Å². The molecular weight excluding hydrogens is 550 g/mol. The van der Waals surface area contributed by atoms with Gasteiger partial charge in [0.2, 0.25) is 0 Å². The molecule has 1 unspecified atom stereocenters. The Morgan fingerprint density at radius 1 is 0.951 bits per heavy atom. The summed E-state index contributed by atoms with van der Waals surface area (Å²) in [6.45, 7) is 4.25. The summed E-state index contributed by atoms with van der Waals surface area (Å²) in [6.07, 6.45) is 4.68. The number of H-pyrrole nitrogens is 1. The van der Waals surface area contributed by atoms with E-state index in [9.17, 15) is 23.7 Å². The van der Waals surface area contributed by atoms with E-state index in [2.05, 4.69) is 23.8 Å². The standard InChI is InChI=1S/C28H19ClF2N4O3.C3H8/c29-20-5-10-25(35(37)38)23(15-20)19-11-12-34(27(36)14-19)26(13-17-1-6-21(30)7-2-17)28-32-16-24(33-28)18-3-8-22(31)9-4-18;1-3-2/h1-12,14-16,26H,13H2,(H,32,33);3H2,1-2H3. The van der Waals surface area contributed by atoms with Crippen molar-refractivity contribution in [3.63, 3.8) is 0 Å². The van der Waals surface area contributed by atoms with Gasteiger partial charge in [0.25, 0.3) is 11.2 Å². The summed E-state index contributed by atoms with van der Waals surface area (Å²) in [5, 5.41) is 11.8. The normalized spacial score (nSPS) is 11.4. The van der Waals surface area contributed by atoms with Crippen molar-refractivity contribution in [3.05, 3.63) is 140 Å². The molecule has 0 spiro atoms. The van der Waals surface area contributed by atoms with Gasteiger partial charge >= 0.3 is 0 Å². The van der Waals surface area contributed by atoms with Crippen molar-refractivity contribution in [1.29, 1.82) is 0 Å². The van der Waals surface area contributed by atoms with Crippen LogP contribution in [0, 0.1) is 21.7 Å². The second-order valence-electron chi connectivity index (χ2n) is 9.32. The molecule has 2 heterocycles. The first kappa shape index (κ1) is 29.4. The Balaban J connectivity index is 0.00000124. The Hall–Kier alpha value is -4.63. The summed E-state index contributed by atoms with van der Waals surface area (Å²) in [7, 11) is 0. The molecule has 41 heavy (non-hydrogen) atoms. The van der Waals surface area contributed by atoms with E-state index in [1.54, 1.807) is 36.5 Å². The number of nitrogens with one attached hydrogen (secondary N) is 1. The highest BCUT2D eigenvalue weighted by Crippen LogP contribution is 2.32. The smallest absolute Gasteiger partial charge is 0.277 e. The van der Waals surface area contributed by atoms with E-state index < -0.39 is 16.5 Å². The van der Waals surface area contributed by atoms with Crippen LogP contribution in [0.4, 0.5) is 14.5 Å². The molecule has 0 saturated heterocycles. The van der Waals surface area contributed by atoms with E-state index >= 15 is 0 Å². The zero-order valence-corrected chi connectivity index (χ0v) is 23.1. The number of nitro benzene ring substituents is 1. The Kier molecular flexibility index (Phi) is 9.41. The molecule has 0 aliphatic carbocycles. The molecule has 2 aromatic heterocycles. The van der Waals surface area contributed by atoms with Crippen LogP contribution < -0.4 is 5.56 Å². The molecule has 5 aromatic rings. The monoisotopic (exact) mass is 576 g/mol. The van der Waals surface area contributed by atoms with Gasteiger partial charge in [-0.1, -0.05) is 44.0 Å². The fraction of sp³-hybridized carbons (Fsp3) is 0.161. The maximum atomic E-state index is 13.5. The van der Waals surface area contributed by atoms with Crippen molar-refractivity contribution < 1.29 is 13.7 Å². The maximum Gasteiger partial charge on any atom is 0.277 e. The fourth-order valence-electron chi connectivity index (χ4n) is 4.27. The van der Waals surface area contributed by atoms with Crippen LogP contribution in [0.5, 0.6) is 0 Å². The van der Waals surface area contributed by atoms with Crippen molar-refractivity contribution >= 4 is 17.3 Å². The fourth-order valence-corrected chi connectivity index (χ4v) is 4.44. The largest absolute Gasteiger partial charge is 0.340 e. The average molecular weight is 577 g/mol. The van der Waals surface area contributed by atoms with E-state index in [-0.39, 0.29) is 22.9 Å². The number of aromatic amines is 1. The highest BCUT2D eigenvalue weighted by molar-refractivity contribution is 6.31. The first-order chi connectivity index (χ1) is 19.7. The zero-order chi connectivity index (χ0) is 29.5. The molecule has 0 radical (unpaired) electrons. The number of aromatic nitrogens is 3. The number of halogens is 3. The second kappa shape index (κ2) is 13.1. The summed E-state index contributed by atoms with van der Waals surface area (Å²) >= 11 is 6.07. The lowest BCUT2D eigenvalue weighted by atomic mass is 10.0. The number of pyridine rings is 1. The van der Waals surface area contributed by atoms with Gasteiger partial charge in [-0.3, -0.25) is 14.9 Å². The van der Waals surface area contributed by atoms with Gasteiger partial charge in [-0.05, 0) is 71.3 Å². The summed E-state index contributed by atoms with van der Waals surface area (Å²) in [5.41, 5.74) is 2.06. The van der Waals surface area contributed by atoms with Crippen molar-refractivity contribution in [1.82, 2.24) is 14.5 Å². The van der Waals surface area contributed by atoms with Crippen LogP contribution in [0.3, 0.4) is 0 Å². The molecular formula is C31H27ClF2N4O3. The van der Waals surface area contributed by atoms with Gasteiger partial charge in [-0.25, -0.2) is 13.8 Å². The summed E-state index contributed by atoms with van der Waals surface area (Å²) in [5.74, 6) is -0.293. The van der Waals surface area contributed by atoms with Crippen LogP contribution in [-0.2, 0) is 6.42 Å². The van der Waals surface area contributed by atoms with Gasteiger partial charge in [-0.2, -0.15) is 0 Å². The van der Waals surface area contributed by atoms with Crippen molar-refractivity contribution in [2.75, 3.05) is 0 Å². The average Bonchev–Trinajstić information content (AvgIpc) is 3.44. The third-order valence-corrected chi connectivity index (χ3v) is 6.39.